The molecule has 0 amide bonds. The van der Waals surface area contributed by atoms with Crippen LogP contribution in [0.5, 0.6) is 5.88 Å². The van der Waals surface area contributed by atoms with Crippen molar-refractivity contribution in [1.29, 1.82) is 0 Å². The number of carbonyl (C=O) groups excluding carboxylic acids is 2. The molecular formula is C30H44F6N4O9. The van der Waals surface area contributed by atoms with Crippen molar-refractivity contribution >= 4 is 12.2 Å². The number of alkyl halides is 6. The Morgan fingerprint density at radius 1 is 0.837 bits per heavy atom. The van der Waals surface area contributed by atoms with Crippen LogP contribution in [0.3, 0.4) is 0 Å². The summed E-state index contributed by atoms with van der Waals surface area (Å²) in [5.74, 6) is 0.0740. The SMILES string of the molecule is CC(C)(C)OC(=O)n1ccc(=O)[nH]1.CC(C)(C)OC(=O)n1ccc(OCCC(O)C2(C(F)(F)F)CC2)n1.OCCC(O)C1(C(F)(F)F)CC1. The zero-order valence-corrected chi connectivity index (χ0v) is 28.0. The van der Waals surface area contributed by atoms with E-state index in [0.29, 0.717) is 0 Å². The quantitative estimate of drug-likeness (QED) is 0.266. The molecule has 2 atom stereocenters. The number of nitrogens with one attached hydrogen (secondary N) is 1. The summed E-state index contributed by atoms with van der Waals surface area (Å²) in [4.78, 5) is 33.7. The summed E-state index contributed by atoms with van der Waals surface area (Å²) >= 11 is 0. The van der Waals surface area contributed by atoms with Crippen molar-refractivity contribution in [3.63, 3.8) is 0 Å². The lowest BCUT2D eigenvalue weighted by molar-refractivity contribution is -0.216. The molecule has 13 nitrogen and oxygen atoms in total. The first-order valence-electron chi connectivity index (χ1n) is 15.3. The highest BCUT2D eigenvalue weighted by Crippen LogP contribution is 2.61. The maximum absolute atomic E-state index is 12.9. The van der Waals surface area contributed by atoms with E-state index >= 15 is 0 Å². The van der Waals surface area contributed by atoms with Crippen LogP contribution in [-0.4, -0.2) is 96.0 Å². The Balaban J connectivity index is 0.000000281. The van der Waals surface area contributed by atoms with E-state index in [-0.39, 0.29) is 56.6 Å². The number of rotatable bonds is 8. The Bertz CT molecular complexity index is 1430. The fourth-order valence-electron chi connectivity index (χ4n) is 4.38. The van der Waals surface area contributed by atoms with E-state index in [1.165, 1.54) is 24.5 Å². The number of halogens is 6. The van der Waals surface area contributed by atoms with E-state index < -0.39 is 65.4 Å². The van der Waals surface area contributed by atoms with Gasteiger partial charge in [0, 0.05) is 37.6 Å². The Labute approximate surface area is 278 Å². The number of H-pyrrole nitrogens is 1. The minimum absolute atomic E-state index is 0.0162. The van der Waals surface area contributed by atoms with E-state index in [1.54, 1.807) is 41.5 Å². The predicted octanol–water partition coefficient (Wildman–Crippen LogP) is 5.17. The smallest absolute Gasteiger partial charge is 0.435 e. The van der Waals surface area contributed by atoms with Gasteiger partial charge in [0.15, 0.2) is 0 Å². The van der Waals surface area contributed by atoms with Gasteiger partial charge in [-0.25, -0.2) is 9.59 Å². The highest BCUT2D eigenvalue weighted by Gasteiger charge is 2.67. The molecule has 2 saturated carbocycles. The van der Waals surface area contributed by atoms with E-state index in [2.05, 4.69) is 10.2 Å². The number of ether oxygens (including phenoxy) is 3. The van der Waals surface area contributed by atoms with Crippen LogP contribution >= 0.6 is 0 Å². The molecule has 280 valence electrons. The standard InChI is InChI=1S/C15H21F3N2O4.C8H12N2O3.C7H11F3O2/c1-13(2,3)24-12(22)20-8-4-11(19-20)23-9-5-10(21)14(6-7-14)15(16,17)18;1-8(2,3)13-7(12)10-5-4-6(11)9-10;8-7(9,10)6(2-3-6)5(12)1-4-11/h4,8,10,21H,5-7,9H2,1-3H3;4-5H,1-3H3,(H,9,11);5,11-12H,1-4H2. The predicted molar refractivity (Wildman–Crippen MR) is 160 cm³/mol. The molecule has 0 aromatic carbocycles. The summed E-state index contributed by atoms with van der Waals surface area (Å²) in [5, 5.41) is 33.4. The van der Waals surface area contributed by atoms with Gasteiger partial charge in [0.2, 0.25) is 5.88 Å². The number of aliphatic hydroxyl groups is 3. The molecule has 0 radical (unpaired) electrons. The molecule has 2 aromatic heterocycles. The summed E-state index contributed by atoms with van der Waals surface area (Å²) in [6, 6.07) is 2.65. The van der Waals surface area contributed by atoms with Gasteiger partial charge in [-0.05, 0) is 73.6 Å². The summed E-state index contributed by atoms with van der Waals surface area (Å²) in [5.41, 5.74) is -5.46. The molecule has 2 aromatic rings. The molecule has 2 aliphatic carbocycles. The van der Waals surface area contributed by atoms with Gasteiger partial charge < -0.3 is 29.5 Å². The van der Waals surface area contributed by atoms with Crippen molar-refractivity contribution in [2.75, 3.05) is 13.2 Å². The Hall–Kier alpha value is -3.58. The largest absolute Gasteiger partial charge is 0.476 e. The third kappa shape index (κ3) is 12.1. The number of hydrogen-bond donors (Lipinski definition) is 4. The third-order valence-electron chi connectivity index (χ3n) is 7.37. The molecule has 0 aliphatic heterocycles. The van der Waals surface area contributed by atoms with Gasteiger partial charge in [-0.3, -0.25) is 9.89 Å². The molecule has 4 N–H and O–H groups in total. The van der Waals surface area contributed by atoms with Crippen molar-refractivity contribution in [1.82, 2.24) is 19.6 Å². The normalized spacial score (nSPS) is 17.7. The topological polar surface area (TPSA) is 178 Å². The molecule has 4 rings (SSSR count). The average molecular weight is 719 g/mol. The monoisotopic (exact) mass is 718 g/mol. The highest BCUT2D eigenvalue weighted by atomic mass is 19.4. The Morgan fingerprint density at radius 3 is 1.69 bits per heavy atom. The van der Waals surface area contributed by atoms with Crippen molar-refractivity contribution in [2.45, 2.75) is 116 Å². The van der Waals surface area contributed by atoms with Gasteiger partial charge in [0.1, 0.15) is 11.2 Å². The lowest BCUT2D eigenvalue weighted by Crippen LogP contribution is -2.37. The third-order valence-corrected chi connectivity index (χ3v) is 7.37. The minimum atomic E-state index is -4.41. The second kappa shape index (κ2) is 15.5. The van der Waals surface area contributed by atoms with E-state index in [1.807, 2.05) is 0 Å². The maximum Gasteiger partial charge on any atom is 0.435 e. The summed E-state index contributed by atoms with van der Waals surface area (Å²) in [6.45, 7) is 9.86. The van der Waals surface area contributed by atoms with Crippen molar-refractivity contribution in [2.24, 2.45) is 10.8 Å². The minimum Gasteiger partial charge on any atom is -0.476 e. The highest BCUT2D eigenvalue weighted by molar-refractivity contribution is 5.70. The van der Waals surface area contributed by atoms with Crippen molar-refractivity contribution in [3.05, 3.63) is 34.9 Å². The average Bonchev–Trinajstić information content (AvgIpc) is 3.84. The fraction of sp³-hybridized carbons (Fsp3) is 0.733. The van der Waals surface area contributed by atoms with Gasteiger partial charge in [0.25, 0.3) is 5.56 Å². The zero-order valence-electron chi connectivity index (χ0n) is 28.0. The van der Waals surface area contributed by atoms with Gasteiger partial charge in [-0.1, -0.05) is 0 Å². The van der Waals surface area contributed by atoms with Gasteiger partial charge in [0.05, 0.1) is 29.6 Å². The summed E-state index contributed by atoms with van der Waals surface area (Å²) < 4.78 is 92.5. The number of nitrogens with zero attached hydrogens (tertiary/aromatic N) is 3. The van der Waals surface area contributed by atoms with Crippen LogP contribution in [0.1, 0.15) is 80.1 Å². The van der Waals surface area contributed by atoms with E-state index in [9.17, 15) is 45.8 Å². The molecule has 0 saturated heterocycles. The summed E-state index contributed by atoms with van der Waals surface area (Å²) in [7, 11) is 0. The molecule has 2 fully saturated rings. The Morgan fingerprint density at radius 2 is 1.31 bits per heavy atom. The molecule has 19 heteroatoms. The fourth-order valence-corrected chi connectivity index (χ4v) is 4.38. The van der Waals surface area contributed by atoms with Crippen molar-refractivity contribution < 1.29 is 65.5 Å². The van der Waals surface area contributed by atoms with Gasteiger partial charge >= 0.3 is 24.5 Å². The van der Waals surface area contributed by atoms with Crippen molar-refractivity contribution in [3.8, 4) is 5.88 Å². The van der Waals surface area contributed by atoms with Crippen LogP contribution in [0.25, 0.3) is 0 Å². The van der Waals surface area contributed by atoms with Crippen LogP contribution in [0.2, 0.25) is 0 Å². The molecule has 2 aliphatic rings. The first-order valence-corrected chi connectivity index (χ1v) is 15.3. The lowest BCUT2D eigenvalue weighted by atomic mass is 9.96. The number of hydrogen-bond acceptors (Lipinski definition) is 10. The number of carbonyl (C=O) groups is 2. The first-order chi connectivity index (χ1) is 22.3. The second-order valence-corrected chi connectivity index (χ2v) is 13.7. The molecule has 0 spiro atoms. The second-order valence-electron chi connectivity index (χ2n) is 13.7. The molecule has 49 heavy (non-hydrogen) atoms. The first kappa shape index (κ1) is 41.6. The molecular weight excluding hydrogens is 674 g/mol. The molecule has 2 unspecified atom stereocenters. The van der Waals surface area contributed by atoms with Crippen LogP contribution < -0.4 is 10.3 Å². The molecule has 2 heterocycles. The number of aromatic nitrogens is 4. The summed E-state index contributed by atoms with van der Waals surface area (Å²) in [6.07, 6.45) is -10.8. The molecule has 0 bridgehead atoms. The van der Waals surface area contributed by atoms with E-state index in [0.717, 1.165) is 9.36 Å². The van der Waals surface area contributed by atoms with Gasteiger partial charge in [-0.2, -0.15) is 35.7 Å². The van der Waals surface area contributed by atoms with Crippen LogP contribution in [0, 0.1) is 10.8 Å². The Kier molecular flexibility index (Phi) is 13.2. The lowest BCUT2D eigenvalue weighted by Gasteiger charge is -2.24. The van der Waals surface area contributed by atoms with Crippen LogP contribution in [0.15, 0.2) is 29.3 Å². The maximum atomic E-state index is 12.9. The zero-order chi connectivity index (χ0) is 37.6. The van der Waals surface area contributed by atoms with Gasteiger partial charge in [-0.15, -0.1) is 5.10 Å². The number of aliphatic hydroxyl groups excluding tert-OH is 3. The van der Waals surface area contributed by atoms with Crippen LogP contribution in [0.4, 0.5) is 35.9 Å². The van der Waals surface area contributed by atoms with Crippen LogP contribution in [-0.2, 0) is 9.47 Å². The number of aromatic amines is 1. The van der Waals surface area contributed by atoms with E-state index in [4.69, 9.17) is 24.4 Å².